The maximum atomic E-state index is 13.7. The molecule has 3 aromatic carbocycles. The number of benzene rings is 3. The number of imidazole rings is 1. The van der Waals surface area contributed by atoms with E-state index in [2.05, 4.69) is 9.97 Å². The van der Waals surface area contributed by atoms with Gasteiger partial charge in [-0.2, -0.15) is 0 Å². The third-order valence-corrected chi connectivity index (χ3v) is 4.51. The molecular weight excluding hydrogens is 374 g/mol. The van der Waals surface area contributed by atoms with E-state index >= 15 is 0 Å². The zero-order valence-corrected chi connectivity index (χ0v) is 15.9. The van der Waals surface area contributed by atoms with Crippen LogP contribution in [0, 0.1) is 11.6 Å². The largest absolute Gasteiger partial charge is 0.494 e. The minimum atomic E-state index is -0.487. The fourth-order valence-corrected chi connectivity index (χ4v) is 3.09. The van der Waals surface area contributed by atoms with Gasteiger partial charge in [-0.15, -0.1) is 0 Å². The normalized spacial score (nSPS) is 11.0. The molecule has 4 aromatic rings. The highest BCUT2D eigenvalue weighted by Crippen LogP contribution is 2.21. The van der Waals surface area contributed by atoms with Crippen molar-refractivity contribution in [2.75, 3.05) is 6.61 Å². The van der Waals surface area contributed by atoms with Crippen LogP contribution in [-0.2, 0) is 13.0 Å². The molecule has 1 N–H and O–H groups in total. The second-order valence-corrected chi connectivity index (χ2v) is 6.64. The number of aromatic amines is 1. The molecule has 4 nitrogen and oxygen atoms in total. The second-order valence-electron chi connectivity index (χ2n) is 6.64. The van der Waals surface area contributed by atoms with Crippen molar-refractivity contribution in [3.05, 3.63) is 89.2 Å². The summed E-state index contributed by atoms with van der Waals surface area (Å²) in [6.07, 6.45) is 0.636. The Bertz CT molecular complexity index is 1120. The molecule has 0 saturated carbocycles. The number of rotatable bonds is 7. The Balaban J connectivity index is 1.41. The second kappa shape index (κ2) is 8.31. The number of aromatic nitrogens is 2. The molecule has 1 aromatic heterocycles. The molecule has 0 spiro atoms. The topological polar surface area (TPSA) is 47.1 Å². The average Bonchev–Trinajstić information content (AvgIpc) is 3.11. The summed E-state index contributed by atoms with van der Waals surface area (Å²) in [5, 5.41) is 0. The Morgan fingerprint density at radius 1 is 0.897 bits per heavy atom. The molecule has 0 aliphatic heterocycles. The highest BCUT2D eigenvalue weighted by Gasteiger charge is 2.07. The van der Waals surface area contributed by atoms with Gasteiger partial charge >= 0.3 is 0 Å². The van der Waals surface area contributed by atoms with Crippen molar-refractivity contribution in [3.63, 3.8) is 0 Å². The zero-order valence-electron chi connectivity index (χ0n) is 15.9. The van der Waals surface area contributed by atoms with Gasteiger partial charge in [-0.25, -0.2) is 13.8 Å². The molecular formula is C23H20F2N2O2. The first kappa shape index (κ1) is 18.9. The highest BCUT2D eigenvalue weighted by atomic mass is 19.1. The molecule has 0 unspecified atom stereocenters. The molecule has 148 valence electrons. The predicted octanol–water partition coefficient (Wildman–Crippen LogP) is 5.41. The minimum absolute atomic E-state index is 0.0331. The molecule has 4 rings (SSSR count). The number of H-pyrrole nitrogens is 1. The van der Waals surface area contributed by atoms with Gasteiger partial charge in [0.05, 0.1) is 17.6 Å². The summed E-state index contributed by atoms with van der Waals surface area (Å²) in [7, 11) is 0. The first-order valence-corrected chi connectivity index (χ1v) is 9.38. The maximum absolute atomic E-state index is 13.7. The maximum Gasteiger partial charge on any atom is 0.130 e. The number of ether oxygens (including phenoxy) is 2. The smallest absolute Gasteiger partial charge is 0.130 e. The van der Waals surface area contributed by atoms with Crippen molar-refractivity contribution in [3.8, 4) is 11.5 Å². The van der Waals surface area contributed by atoms with Crippen LogP contribution in [0.4, 0.5) is 8.78 Å². The van der Waals surface area contributed by atoms with Crippen LogP contribution in [0.2, 0.25) is 0 Å². The standard InChI is InChI=1S/C23H20F2N2O2/c1-2-28-19-8-10-21-22(13-19)27-23(26-21)11-15-3-6-18(7-4-15)29-14-16-12-17(24)5-9-20(16)25/h3-10,12-13H,2,11,14H2,1H3,(H,26,27). The highest BCUT2D eigenvalue weighted by molar-refractivity contribution is 5.76. The van der Waals surface area contributed by atoms with Gasteiger partial charge in [0.2, 0.25) is 0 Å². The molecule has 6 heteroatoms. The summed E-state index contributed by atoms with van der Waals surface area (Å²) in [4.78, 5) is 7.92. The predicted molar refractivity (Wildman–Crippen MR) is 107 cm³/mol. The molecule has 0 saturated heterocycles. The van der Waals surface area contributed by atoms with Crippen molar-refractivity contribution in [2.24, 2.45) is 0 Å². The van der Waals surface area contributed by atoms with Crippen LogP contribution in [0.1, 0.15) is 23.9 Å². The van der Waals surface area contributed by atoms with Gasteiger partial charge in [0.1, 0.15) is 35.6 Å². The Labute approximate surface area is 167 Å². The lowest BCUT2D eigenvalue weighted by atomic mass is 10.1. The van der Waals surface area contributed by atoms with Crippen LogP contribution in [-0.4, -0.2) is 16.6 Å². The summed E-state index contributed by atoms with van der Waals surface area (Å²) in [6, 6.07) is 16.6. The van der Waals surface area contributed by atoms with E-state index in [0.29, 0.717) is 18.8 Å². The van der Waals surface area contributed by atoms with E-state index in [9.17, 15) is 8.78 Å². The van der Waals surface area contributed by atoms with Crippen LogP contribution in [0.5, 0.6) is 11.5 Å². The SMILES string of the molecule is CCOc1ccc2nc(Cc3ccc(OCc4cc(F)ccc4F)cc3)[nH]c2c1. The molecule has 0 amide bonds. The van der Waals surface area contributed by atoms with Crippen LogP contribution in [0.3, 0.4) is 0 Å². The quantitative estimate of drug-likeness (QED) is 0.456. The van der Waals surface area contributed by atoms with E-state index in [-0.39, 0.29) is 12.2 Å². The van der Waals surface area contributed by atoms with E-state index in [4.69, 9.17) is 9.47 Å². The molecule has 0 radical (unpaired) electrons. The van der Waals surface area contributed by atoms with Crippen molar-refractivity contribution in [1.29, 1.82) is 0 Å². The molecule has 0 aliphatic rings. The Hall–Kier alpha value is -3.41. The van der Waals surface area contributed by atoms with Crippen LogP contribution in [0.25, 0.3) is 11.0 Å². The van der Waals surface area contributed by atoms with Gasteiger partial charge in [-0.3, -0.25) is 0 Å². The van der Waals surface area contributed by atoms with Crippen LogP contribution >= 0.6 is 0 Å². The number of nitrogens with one attached hydrogen (secondary N) is 1. The van der Waals surface area contributed by atoms with E-state index < -0.39 is 11.6 Å². The first-order chi connectivity index (χ1) is 14.1. The lowest BCUT2D eigenvalue weighted by Gasteiger charge is -2.08. The average molecular weight is 394 g/mol. The van der Waals surface area contributed by atoms with Crippen LogP contribution < -0.4 is 9.47 Å². The van der Waals surface area contributed by atoms with E-state index in [1.807, 2.05) is 49.4 Å². The third-order valence-electron chi connectivity index (χ3n) is 4.51. The molecule has 0 aliphatic carbocycles. The molecule has 29 heavy (non-hydrogen) atoms. The van der Waals surface area contributed by atoms with E-state index in [1.54, 1.807) is 0 Å². The minimum Gasteiger partial charge on any atom is -0.494 e. The van der Waals surface area contributed by atoms with Gasteiger partial charge in [0.15, 0.2) is 0 Å². The number of fused-ring (bicyclic) bond motifs is 1. The summed E-state index contributed by atoms with van der Waals surface area (Å²) < 4.78 is 38.0. The van der Waals surface area contributed by atoms with Crippen molar-refractivity contribution in [2.45, 2.75) is 20.0 Å². The van der Waals surface area contributed by atoms with Crippen molar-refractivity contribution < 1.29 is 18.3 Å². The Morgan fingerprint density at radius 3 is 2.48 bits per heavy atom. The van der Waals surface area contributed by atoms with Crippen molar-refractivity contribution in [1.82, 2.24) is 9.97 Å². The van der Waals surface area contributed by atoms with E-state index in [1.165, 1.54) is 0 Å². The van der Waals surface area contributed by atoms with E-state index in [0.717, 1.165) is 46.4 Å². The lowest BCUT2D eigenvalue weighted by molar-refractivity contribution is 0.299. The van der Waals surface area contributed by atoms with Gasteiger partial charge in [0.25, 0.3) is 0 Å². The Morgan fingerprint density at radius 2 is 1.69 bits per heavy atom. The lowest BCUT2D eigenvalue weighted by Crippen LogP contribution is -1.99. The van der Waals surface area contributed by atoms with Gasteiger partial charge in [0, 0.05) is 18.1 Å². The number of nitrogens with zero attached hydrogens (tertiary/aromatic N) is 1. The molecule has 0 atom stereocenters. The van der Waals surface area contributed by atoms with Gasteiger partial charge < -0.3 is 14.5 Å². The molecule has 0 fully saturated rings. The number of halogens is 2. The summed E-state index contributed by atoms with van der Waals surface area (Å²) >= 11 is 0. The zero-order chi connectivity index (χ0) is 20.2. The monoisotopic (exact) mass is 394 g/mol. The van der Waals surface area contributed by atoms with Crippen molar-refractivity contribution >= 4 is 11.0 Å². The summed E-state index contributed by atoms with van der Waals surface area (Å²) in [6.45, 7) is 2.53. The number of hydrogen-bond acceptors (Lipinski definition) is 3. The Kier molecular flexibility index (Phi) is 5.42. The van der Waals surface area contributed by atoms with Gasteiger partial charge in [-0.05, 0) is 55.0 Å². The number of hydrogen-bond donors (Lipinski definition) is 1. The fourth-order valence-electron chi connectivity index (χ4n) is 3.09. The third kappa shape index (κ3) is 4.54. The van der Waals surface area contributed by atoms with Gasteiger partial charge in [-0.1, -0.05) is 12.1 Å². The molecule has 0 bridgehead atoms. The fraction of sp³-hybridized carbons (Fsp3) is 0.174. The summed E-state index contributed by atoms with van der Waals surface area (Å²) in [5.74, 6) is 1.28. The summed E-state index contributed by atoms with van der Waals surface area (Å²) in [5.41, 5.74) is 3.06. The van der Waals surface area contributed by atoms with Crippen LogP contribution in [0.15, 0.2) is 60.7 Å². The molecule has 1 heterocycles. The first-order valence-electron chi connectivity index (χ1n) is 9.38.